The van der Waals surface area contributed by atoms with Crippen molar-refractivity contribution in [3.8, 4) is 0 Å². The fourth-order valence-corrected chi connectivity index (χ4v) is 2.31. The van der Waals surface area contributed by atoms with Crippen LogP contribution in [0.2, 0.25) is 0 Å². The molecule has 0 saturated heterocycles. The Morgan fingerprint density at radius 1 is 0.862 bits per heavy atom. The van der Waals surface area contributed by atoms with Crippen LogP contribution in [0.25, 0.3) is 0 Å². The molecule has 0 N–H and O–H groups in total. The number of anilines is 1. The zero-order valence-corrected chi connectivity index (χ0v) is 23.5. The van der Waals surface area contributed by atoms with Gasteiger partial charge in [-0.25, -0.2) is 5.10 Å². The SMILES string of the molecule is CC.CC.CC.CC(=O)C1=NN(c2ccccc2)C(c2ccccc2)[CH-]1.[CH3-].[V].[Y]. The minimum Gasteiger partial charge on any atom is -0.405 e. The van der Waals surface area contributed by atoms with Crippen molar-refractivity contribution in [1.29, 1.82) is 0 Å². The van der Waals surface area contributed by atoms with E-state index in [9.17, 15) is 4.79 Å². The Labute approximate surface area is 216 Å². The number of carbonyl (C=O) groups is 1. The summed E-state index contributed by atoms with van der Waals surface area (Å²) in [6.45, 7) is 13.5. The molecule has 1 atom stereocenters. The molecule has 3 nitrogen and oxygen atoms in total. The van der Waals surface area contributed by atoms with Crippen LogP contribution in [0.5, 0.6) is 0 Å². The van der Waals surface area contributed by atoms with Crippen LogP contribution in [0.15, 0.2) is 65.8 Å². The van der Waals surface area contributed by atoms with Gasteiger partial charge in [-0.15, -0.1) is 0 Å². The molecule has 0 aromatic heterocycles. The number of ketones is 1. The summed E-state index contributed by atoms with van der Waals surface area (Å²) in [5, 5.41) is 6.36. The molecule has 2 aromatic carbocycles. The van der Waals surface area contributed by atoms with Gasteiger partial charge in [-0.05, 0) is 23.4 Å². The van der Waals surface area contributed by atoms with E-state index in [4.69, 9.17) is 0 Å². The Morgan fingerprint density at radius 2 is 1.28 bits per heavy atom. The first-order chi connectivity index (χ1) is 12.8. The first-order valence-corrected chi connectivity index (χ1v) is 9.59. The number of carbonyl (C=O) groups excluding carboxylic acids is 1. The Bertz CT molecular complexity index is 648. The van der Waals surface area contributed by atoms with E-state index in [1.54, 1.807) is 6.92 Å². The number of hydrogen-bond acceptors (Lipinski definition) is 3. The predicted molar refractivity (Wildman–Crippen MR) is 121 cm³/mol. The van der Waals surface area contributed by atoms with E-state index in [0.717, 1.165) is 11.3 Å². The Morgan fingerprint density at radius 3 is 1.69 bits per heavy atom. The van der Waals surface area contributed by atoms with Crippen molar-refractivity contribution >= 4 is 17.2 Å². The van der Waals surface area contributed by atoms with Crippen LogP contribution in [0.1, 0.15) is 60.1 Å². The Balaban J connectivity index is -0.000000319. The van der Waals surface area contributed by atoms with Crippen molar-refractivity contribution in [3.05, 3.63) is 80.1 Å². The molecule has 1 unspecified atom stereocenters. The summed E-state index contributed by atoms with van der Waals surface area (Å²) in [6.07, 6.45) is 1.92. The number of rotatable bonds is 3. The second-order valence-electron chi connectivity index (χ2n) is 4.74. The Kier molecular flexibility index (Phi) is 26.8. The van der Waals surface area contributed by atoms with Crippen molar-refractivity contribution in [1.82, 2.24) is 0 Å². The molecule has 1 aliphatic heterocycles. The first kappa shape index (κ1) is 35.6. The van der Waals surface area contributed by atoms with E-state index >= 15 is 0 Å². The zero-order chi connectivity index (χ0) is 19.9. The van der Waals surface area contributed by atoms with Gasteiger partial charge >= 0.3 is 0 Å². The van der Waals surface area contributed by atoms with E-state index in [0.29, 0.717) is 5.71 Å². The fourth-order valence-electron chi connectivity index (χ4n) is 2.31. The van der Waals surface area contributed by atoms with Gasteiger partial charge in [0.2, 0.25) is 0 Å². The number of para-hydroxylation sites is 1. The van der Waals surface area contributed by atoms with E-state index in [1.165, 1.54) is 0 Å². The average Bonchev–Trinajstić information content (AvgIpc) is 3.20. The summed E-state index contributed by atoms with van der Waals surface area (Å²) in [6, 6.07) is 20.0. The van der Waals surface area contributed by atoms with E-state index in [-0.39, 0.29) is 70.5 Å². The molecule has 0 spiro atoms. The monoisotopic (exact) mass is 508 g/mol. The number of nitrogens with zero attached hydrogens (tertiary/aromatic N) is 2. The maximum Gasteiger partial charge on any atom is 0.0585 e. The summed E-state index contributed by atoms with van der Waals surface area (Å²) in [4.78, 5) is 11.6. The van der Waals surface area contributed by atoms with Crippen LogP contribution in [0, 0.1) is 13.8 Å². The molecule has 158 valence electrons. The molecule has 1 aliphatic rings. The molecule has 0 aliphatic carbocycles. The van der Waals surface area contributed by atoms with Gasteiger partial charge < -0.3 is 12.2 Å². The number of benzene rings is 2. The topological polar surface area (TPSA) is 32.7 Å². The van der Waals surface area contributed by atoms with Crippen LogP contribution in [0.3, 0.4) is 0 Å². The van der Waals surface area contributed by atoms with Gasteiger partial charge in [-0.3, -0.25) is 5.01 Å². The molecule has 3 rings (SSSR count). The second-order valence-corrected chi connectivity index (χ2v) is 4.74. The number of hydrazone groups is 1. The third kappa shape index (κ3) is 11.2. The van der Waals surface area contributed by atoms with Gasteiger partial charge in [0.05, 0.1) is 5.69 Å². The number of hydrogen-bond donors (Lipinski definition) is 0. The molecule has 2 aromatic rings. The summed E-state index contributed by atoms with van der Waals surface area (Å²) in [5.74, 6) is -0.00985. The summed E-state index contributed by atoms with van der Waals surface area (Å²) < 4.78 is 0. The smallest absolute Gasteiger partial charge is 0.0585 e. The summed E-state index contributed by atoms with van der Waals surface area (Å²) in [5.41, 5.74) is 2.62. The van der Waals surface area contributed by atoms with Gasteiger partial charge in [0.15, 0.2) is 0 Å². The normalized spacial score (nSPS) is 12.7. The molecule has 0 fully saturated rings. The van der Waals surface area contributed by atoms with Gasteiger partial charge in [-0.1, -0.05) is 97.0 Å². The second kappa shape index (κ2) is 21.8. The van der Waals surface area contributed by atoms with Crippen molar-refractivity contribution in [2.24, 2.45) is 5.10 Å². The van der Waals surface area contributed by atoms with Crippen molar-refractivity contribution in [2.75, 3.05) is 5.01 Å². The maximum atomic E-state index is 11.6. The average molecular weight is 508 g/mol. The molecule has 0 amide bonds. The molecule has 0 bridgehead atoms. The maximum absolute atomic E-state index is 11.6. The van der Waals surface area contributed by atoms with E-state index in [1.807, 2.05) is 102 Å². The predicted octanol–water partition coefficient (Wildman–Crippen LogP) is 6.92. The van der Waals surface area contributed by atoms with Crippen molar-refractivity contribution in [2.45, 2.75) is 54.5 Å². The van der Waals surface area contributed by atoms with Gasteiger partial charge in [-0.2, -0.15) is 6.42 Å². The minimum atomic E-state index is -0.0301. The first-order valence-electron chi connectivity index (χ1n) is 9.59. The van der Waals surface area contributed by atoms with Gasteiger partial charge in [0.1, 0.15) is 0 Å². The van der Waals surface area contributed by atoms with Crippen molar-refractivity contribution < 1.29 is 56.1 Å². The van der Waals surface area contributed by atoms with E-state index in [2.05, 4.69) is 17.2 Å². The van der Waals surface area contributed by atoms with Crippen molar-refractivity contribution in [3.63, 3.8) is 0 Å². The standard InChI is InChI=1S/C17H15N2O.3C2H6.CH3.V.Y/c1-13(20)16-12-17(14-8-4-2-5-9-14)19(18-16)15-10-6-3-7-11-15;3*1-2;;;/h2-12,17H,1H3;3*1-2H3;1H3;;/q-1;;;;-1;;. The van der Waals surface area contributed by atoms with Crippen LogP contribution < -0.4 is 5.01 Å². The minimum absolute atomic E-state index is 0. The van der Waals surface area contributed by atoms with Crippen LogP contribution in [0.4, 0.5) is 5.69 Å². The molecule has 0 saturated carbocycles. The largest absolute Gasteiger partial charge is 0.405 e. The van der Waals surface area contributed by atoms with E-state index < -0.39 is 0 Å². The molecule has 29 heavy (non-hydrogen) atoms. The molecular weight excluding hydrogens is 472 g/mol. The van der Waals surface area contributed by atoms with Gasteiger partial charge in [0, 0.05) is 63.1 Å². The third-order valence-corrected chi connectivity index (χ3v) is 3.32. The molecule has 5 heteroatoms. The van der Waals surface area contributed by atoms with Gasteiger partial charge in [0.25, 0.3) is 0 Å². The summed E-state index contributed by atoms with van der Waals surface area (Å²) >= 11 is 0. The summed E-state index contributed by atoms with van der Waals surface area (Å²) in [7, 11) is 0. The zero-order valence-electron chi connectivity index (χ0n) is 19.3. The molecule has 2 radical (unpaired) electrons. The molecular formula is C24H36N2OVY-2. The van der Waals surface area contributed by atoms with Crippen LogP contribution in [-0.4, -0.2) is 11.5 Å². The van der Waals surface area contributed by atoms with Crippen LogP contribution >= 0.6 is 0 Å². The fraction of sp³-hybridized carbons (Fsp3) is 0.333. The third-order valence-electron chi connectivity index (χ3n) is 3.32. The Hall–Kier alpha value is -0.862. The van der Waals surface area contributed by atoms with Crippen LogP contribution in [-0.2, 0) is 56.1 Å². The quantitative estimate of drug-likeness (QED) is 0.422. The molecule has 1 heterocycles. The number of Topliss-reactive ketones (excluding diaryl/α,β-unsaturated/α-hetero) is 1.